The maximum Gasteiger partial charge on any atom is 0.113 e. The van der Waals surface area contributed by atoms with E-state index in [0.717, 1.165) is 37.9 Å². The number of nitrogens with zero attached hydrogens (tertiary/aromatic N) is 1. The van der Waals surface area contributed by atoms with Gasteiger partial charge in [0.15, 0.2) is 0 Å². The molecule has 3 rings (SSSR count). The Morgan fingerprint density at radius 2 is 2.00 bits per heavy atom. The Hall–Kier alpha value is -1.20. The van der Waals surface area contributed by atoms with Gasteiger partial charge in [0.25, 0.3) is 0 Å². The van der Waals surface area contributed by atoms with Gasteiger partial charge in [0.2, 0.25) is 0 Å². The van der Waals surface area contributed by atoms with E-state index in [2.05, 4.69) is 0 Å². The molecule has 7 heteroatoms. The third-order valence-electron chi connectivity index (χ3n) is 5.81. The monoisotopic (exact) mass is 409 g/mol. The number of halogens is 1. The summed E-state index contributed by atoms with van der Waals surface area (Å²) >= 11 is 6.41. The topological polar surface area (TPSA) is 103 Å². The van der Waals surface area contributed by atoms with Gasteiger partial charge in [0.05, 0.1) is 24.7 Å². The lowest BCUT2D eigenvalue weighted by atomic mass is 9.88. The zero-order chi connectivity index (χ0) is 20.3. The average Bonchev–Trinajstić information content (AvgIpc) is 3.11. The third-order valence-corrected chi connectivity index (χ3v) is 6.18. The Labute approximate surface area is 170 Å². The van der Waals surface area contributed by atoms with Gasteiger partial charge < -0.3 is 24.8 Å². The molecule has 2 aliphatic rings. The number of nitriles is 1. The van der Waals surface area contributed by atoms with Gasteiger partial charge in [-0.25, -0.2) is 0 Å². The number of rotatable bonds is 6. The molecule has 0 bridgehead atoms. The summed E-state index contributed by atoms with van der Waals surface area (Å²) in [6, 6.07) is 7.38. The predicted octanol–water partition coefficient (Wildman–Crippen LogP) is 2.52. The number of hydrogen-bond donors (Lipinski definition) is 3. The van der Waals surface area contributed by atoms with E-state index in [1.165, 1.54) is 0 Å². The zero-order valence-electron chi connectivity index (χ0n) is 16.0. The Morgan fingerprint density at radius 3 is 2.71 bits per heavy atom. The van der Waals surface area contributed by atoms with Gasteiger partial charge in [0, 0.05) is 11.6 Å². The molecule has 3 N–H and O–H groups in total. The minimum atomic E-state index is -1.38. The minimum Gasteiger partial charge on any atom is -0.388 e. The Morgan fingerprint density at radius 1 is 1.21 bits per heavy atom. The summed E-state index contributed by atoms with van der Waals surface area (Å²) in [4.78, 5) is 0. The summed E-state index contributed by atoms with van der Waals surface area (Å²) in [6.07, 6.45) is -1.44. The summed E-state index contributed by atoms with van der Waals surface area (Å²) in [6.45, 7) is 2.73. The Balaban J connectivity index is 1.76. The second-order valence-electron chi connectivity index (χ2n) is 7.74. The van der Waals surface area contributed by atoms with Crippen molar-refractivity contribution in [3.63, 3.8) is 0 Å². The molecule has 0 radical (unpaired) electrons. The molecule has 1 saturated carbocycles. The zero-order valence-corrected chi connectivity index (χ0v) is 16.8. The van der Waals surface area contributed by atoms with Crippen molar-refractivity contribution in [2.24, 2.45) is 5.92 Å². The van der Waals surface area contributed by atoms with E-state index >= 15 is 0 Å². The first-order valence-electron chi connectivity index (χ1n) is 9.91. The van der Waals surface area contributed by atoms with Gasteiger partial charge in [-0.1, -0.05) is 23.7 Å². The molecule has 0 spiro atoms. The summed E-state index contributed by atoms with van der Waals surface area (Å²) in [5.74, 6) is 0.486. The number of ether oxygens (including phenoxy) is 2. The number of hydrogen-bond acceptors (Lipinski definition) is 6. The number of aliphatic hydroxyl groups excluding tert-OH is 3. The van der Waals surface area contributed by atoms with Crippen LogP contribution in [0.3, 0.4) is 0 Å². The smallest absolute Gasteiger partial charge is 0.113 e. The van der Waals surface area contributed by atoms with Crippen molar-refractivity contribution in [3.8, 4) is 6.07 Å². The van der Waals surface area contributed by atoms with Crippen LogP contribution in [-0.2, 0) is 15.9 Å². The normalized spacial score (nSPS) is 35.6. The van der Waals surface area contributed by atoms with Gasteiger partial charge in [-0.05, 0) is 55.7 Å². The molecule has 7 atom stereocenters. The quantitative estimate of drug-likeness (QED) is 0.667. The van der Waals surface area contributed by atoms with E-state index in [-0.39, 0.29) is 6.42 Å². The number of aliphatic hydroxyl groups is 3. The molecular weight excluding hydrogens is 382 g/mol. The molecule has 0 aromatic heterocycles. The van der Waals surface area contributed by atoms with Crippen LogP contribution in [0.25, 0.3) is 0 Å². The molecule has 1 aromatic rings. The first-order valence-corrected chi connectivity index (χ1v) is 10.3. The van der Waals surface area contributed by atoms with Crippen LogP contribution in [0.4, 0.5) is 0 Å². The van der Waals surface area contributed by atoms with Crippen LogP contribution in [-0.4, -0.2) is 52.4 Å². The van der Waals surface area contributed by atoms with E-state index < -0.39 is 30.5 Å². The average molecular weight is 410 g/mol. The molecule has 0 amide bonds. The summed E-state index contributed by atoms with van der Waals surface area (Å²) in [5.41, 5.74) is 1.65. The van der Waals surface area contributed by atoms with Crippen molar-refractivity contribution < 1.29 is 24.8 Å². The van der Waals surface area contributed by atoms with E-state index in [1.54, 1.807) is 12.1 Å². The molecule has 1 aliphatic heterocycles. The fourth-order valence-electron chi connectivity index (χ4n) is 4.33. The molecule has 6 nitrogen and oxygen atoms in total. The van der Waals surface area contributed by atoms with Crippen LogP contribution in [0.15, 0.2) is 18.2 Å². The van der Waals surface area contributed by atoms with Crippen molar-refractivity contribution in [1.29, 1.82) is 5.26 Å². The molecule has 154 valence electrons. The van der Waals surface area contributed by atoms with Crippen LogP contribution in [0, 0.1) is 17.2 Å². The summed E-state index contributed by atoms with van der Waals surface area (Å²) < 4.78 is 11.5. The van der Waals surface area contributed by atoms with Crippen molar-refractivity contribution in [1.82, 2.24) is 0 Å². The van der Waals surface area contributed by atoms with Crippen LogP contribution in [0.2, 0.25) is 5.02 Å². The second kappa shape index (κ2) is 9.53. The SMILES string of the molecule is CCOC1CCC(Cc2cc([C@@H]3O[C@H](CC#N)[C@@H](O)[C@H](O)[C@H]3O)ccc2Cl)C1. The number of benzene rings is 1. The van der Waals surface area contributed by atoms with Crippen molar-refractivity contribution in [2.45, 2.75) is 75.7 Å². The molecule has 1 heterocycles. The fourth-order valence-corrected chi connectivity index (χ4v) is 4.52. The molecule has 28 heavy (non-hydrogen) atoms. The standard InChI is InChI=1S/C21H28ClNO5/c1-2-27-15-5-3-12(10-15)9-14-11-13(4-6-16(14)22)21-20(26)19(25)18(24)17(28-21)7-8-23/h4,6,11-12,15,17-21,24-26H,2-3,5,7,9-10H2,1H3/t12?,15?,17-,18-,19+,20-,21+/m1/s1. The van der Waals surface area contributed by atoms with E-state index in [9.17, 15) is 15.3 Å². The van der Waals surface area contributed by atoms with Gasteiger partial charge in [0.1, 0.15) is 24.4 Å². The highest BCUT2D eigenvalue weighted by molar-refractivity contribution is 6.31. The summed E-state index contributed by atoms with van der Waals surface area (Å²) in [5, 5.41) is 40.2. The van der Waals surface area contributed by atoms with Crippen molar-refractivity contribution in [2.75, 3.05) is 6.61 Å². The molecule has 1 aromatic carbocycles. The van der Waals surface area contributed by atoms with Crippen molar-refractivity contribution >= 4 is 11.6 Å². The lowest BCUT2D eigenvalue weighted by molar-refractivity contribution is -0.223. The van der Waals surface area contributed by atoms with E-state index in [4.69, 9.17) is 26.3 Å². The van der Waals surface area contributed by atoms with Crippen molar-refractivity contribution in [3.05, 3.63) is 34.3 Å². The fraction of sp³-hybridized carbons (Fsp3) is 0.667. The molecule has 2 fully saturated rings. The Bertz CT molecular complexity index is 709. The first-order chi connectivity index (χ1) is 13.4. The molecule has 2 unspecified atom stereocenters. The highest BCUT2D eigenvalue weighted by atomic mass is 35.5. The van der Waals surface area contributed by atoms with Gasteiger partial charge >= 0.3 is 0 Å². The second-order valence-corrected chi connectivity index (χ2v) is 8.15. The lowest BCUT2D eigenvalue weighted by Gasteiger charge is -2.40. The third kappa shape index (κ3) is 4.68. The predicted molar refractivity (Wildman–Crippen MR) is 104 cm³/mol. The maximum atomic E-state index is 10.4. The highest BCUT2D eigenvalue weighted by Crippen LogP contribution is 2.37. The first kappa shape index (κ1) is 21.5. The van der Waals surface area contributed by atoms with Gasteiger partial charge in [-0.2, -0.15) is 5.26 Å². The minimum absolute atomic E-state index is 0.0667. The molecule has 1 aliphatic carbocycles. The van der Waals surface area contributed by atoms with Gasteiger partial charge in [-0.3, -0.25) is 0 Å². The highest BCUT2D eigenvalue weighted by Gasteiger charge is 2.44. The van der Waals surface area contributed by atoms with Crippen LogP contribution in [0.1, 0.15) is 49.8 Å². The van der Waals surface area contributed by atoms with Gasteiger partial charge in [-0.15, -0.1) is 0 Å². The molecule has 1 saturated heterocycles. The van der Waals surface area contributed by atoms with Crippen LogP contribution >= 0.6 is 11.6 Å². The largest absolute Gasteiger partial charge is 0.388 e. The van der Waals surface area contributed by atoms with Crippen LogP contribution < -0.4 is 0 Å². The lowest BCUT2D eigenvalue weighted by Crippen LogP contribution is -2.54. The van der Waals surface area contributed by atoms with E-state index in [0.29, 0.717) is 22.6 Å². The summed E-state index contributed by atoms with van der Waals surface area (Å²) in [7, 11) is 0. The van der Waals surface area contributed by atoms with Crippen LogP contribution in [0.5, 0.6) is 0 Å². The molecular formula is C21H28ClNO5. The maximum absolute atomic E-state index is 10.4. The van der Waals surface area contributed by atoms with E-state index in [1.807, 2.05) is 19.1 Å². The Kier molecular flexibility index (Phi) is 7.32.